The van der Waals surface area contributed by atoms with Crippen LogP contribution in [0.25, 0.3) is 0 Å². The average molecular weight is 352 g/mol. The van der Waals surface area contributed by atoms with Crippen LogP contribution in [0.15, 0.2) is 5.16 Å². The third kappa shape index (κ3) is 3.60. The quantitative estimate of drug-likeness (QED) is 0.826. The van der Waals surface area contributed by atoms with Crippen LogP contribution in [0, 0.1) is 17.8 Å². The van der Waals surface area contributed by atoms with E-state index >= 15 is 0 Å². The van der Waals surface area contributed by atoms with Crippen LogP contribution in [0.2, 0.25) is 0 Å². The van der Waals surface area contributed by atoms with Crippen LogP contribution < -0.4 is 5.32 Å². The average Bonchev–Trinajstić information content (AvgIpc) is 3.21. The van der Waals surface area contributed by atoms with Gasteiger partial charge < -0.3 is 5.32 Å². The molecule has 1 aromatic rings. The van der Waals surface area contributed by atoms with E-state index in [9.17, 15) is 4.79 Å². The zero-order valence-corrected chi connectivity index (χ0v) is 16.1. The number of hydrogen-bond donors (Lipinski definition) is 1. The minimum absolute atomic E-state index is 0.0822. The normalized spacial score (nSPS) is 28.8. The molecule has 2 aliphatic carbocycles. The number of nitrogens with one attached hydrogen (secondary N) is 1. The SMILES string of the molecule is CC(Sc1nnnn1C(C)(C)C)C(=O)NC(C)C1CC2CCC1C2. The smallest absolute Gasteiger partial charge is 0.233 e. The first kappa shape index (κ1) is 17.7. The fraction of sp³-hybridized carbons (Fsp3) is 0.882. The molecule has 134 valence electrons. The summed E-state index contributed by atoms with van der Waals surface area (Å²) in [4.78, 5) is 12.6. The molecule has 5 unspecified atom stereocenters. The summed E-state index contributed by atoms with van der Waals surface area (Å²) in [6, 6.07) is 0.259. The maximum absolute atomic E-state index is 12.6. The first-order valence-electron chi connectivity index (χ1n) is 9.01. The highest BCUT2D eigenvalue weighted by atomic mass is 32.2. The Hall–Kier alpha value is -1.11. The van der Waals surface area contributed by atoms with E-state index in [1.807, 2.05) is 6.92 Å². The molecule has 1 amide bonds. The Labute approximate surface area is 148 Å². The number of nitrogens with zero attached hydrogens (tertiary/aromatic N) is 4. The Morgan fingerprint density at radius 1 is 1.29 bits per heavy atom. The van der Waals surface area contributed by atoms with Gasteiger partial charge in [-0.1, -0.05) is 18.2 Å². The monoisotopic (exact) mass is 351 g/mol. The summed E-state index contributed by atoms with van der Waals surface area (Å²) in [6.07, 6.45) is 5.40. The Kier molecular flexibility index (Phi) is 4.91. The van der Waals surface area contributed by atoms with E-state index in [0.29, 0.717) is 11.1 Å². The molecule has 3 rings (SSSR count). The lowest BCUT2D eigenvalue weighted by Crippen LogP contribution is -2.43. The van der Waals surface area contributed by atoms with Crippen molar-refractivity contribution in [2.24, 2.45) is 17.8 Å². The molecule has 2 aliphatic rings. The summed E-state index contributed by atoms with van der Waals surface area (Å²) in [5.74, 6) is 2.47. The Balaban J connectivity index is 1.56. The van der Waals surface area contributed by atoms with Gasteiger partial charge in [0, 0.05) is 6.04 Å². The number of aromatic nitrogens is 4. The van der Waals surface area contributed by atoms with Crippen molar-refractivity contribution in [3.8, 4) is 0 Å². The predicted octanol–water partition coefficient (Wildman–Crippen LogP) is 2.85. The molecule has 0 radical (unpaired) electrons. The molecule has 1 heterocycles. The third-order valence-electron chi connectivity index (χ3n) is 5.53. The van der Waals surface area contributed by atoms with E-state index in [1.165, 1.54) is 37.4 Å². The molecule has 2 saturated carbocycles. The van der Waals surface area contributed by atoms with Gasteiger partial charge in [0.25, 0.3) is 0 Å². The molecule has 0 aromatic carbocycles. The highest BCUT2D eigenvalue weighted by Gasteiger charge is 2.42. The van der Waals surface area contributed by atoms with Crippen molar-refractivity contribution >= 4 is 17.7 Å². The summed E-state index contributed by atoms with van der Waals surface area (Å²) < 4.78 is 1.78. The van der Waals surface area contributed by atoms with E-state index in [-0.39, 0.29) is 22.7 Å². The van der Waals surface area contributed by atoms with Gasteiger partial charge in [0.05, 0.1) is 10.8 Å². The lowest BCUT2D eigenvalue weighted by atomic mass is 9.84. The van der Waals surface area contributed by atoms with Gasteiger partial charge in [0.2, 0.25) is 11.1 Å². The second-order valence-electron chi connectivity index (χ2n) is 8.44. The van der Waals surface area contributed by atoms with Crippen molar-refractivity contribution in [1.29, 1.82) is 0 Å². The van der Waals surface area contributed by atoms with Crippen molar-refractivity contribution in [2.75, 3.05) is 0 Å². The highest BCUT2D eigenvalue weighted by molar-refractivity contribution is 8.00. The molecule has 2 bridgehead atoms. The van der Waals surface area contributed by atoms with Crippen LogP contribution >= 0.6 is 11.8 Å². The van der Waals surface area contributed by atoms with Gasteiger partial charge in [0.15, 0.2) is 0 Å². The van der Waals surface area contributed by atoms with Crippen LogP contribution in [0.1, 0.15) is 60.3 Å². The van der Waals surface area contributed by atoms with Crippen molar-refractivity contribution in [3.05, 3.63) is 0 Å². The molecule has 7 heteroatoms. The van der Waals surface area contributed by atoms with Gasteiger partial charge in [-0.3, -0.25) is 4.79 Å². The maximum Gasteiger partial charge on any atom is 0.233 e. The third-order valence-corrected chi connectivity index (χ3v) is 6.57. The van der Waals surface area contributed by atoms with Crippen molar-refractivity contribution in [2.45, 2.75) is 82.3 Å². The molecule has 24 heavy (non-hydrogen) atoms. The predicted molar refractivity (Wildman–Crippen MR) is 94.7 cm³/mol. The van der Waals surface area contributed by atoms with Gasteiger partial charge >= 0.3 is 0 Å². The molecule has 0 aliphatic heterocycles. The number of thioether (sulfide) groups is 1. The summed E-state index contributed by atoms with van der Waals surface area (Å²) in [6.45, 7) is 10.2. The number of carbonyl (C=O) groups is 1. The molecule has 6 nitrogen and oxygen atoms in total. The fourth-order valence-corrected chi connectivity index (χ4v) is 5.23. The number of rotatable bonds is 5. The Bertz CT molecular complexity index is 596. The molecular weight excluding hydrogens is 322 g/mol. The molecular formula is C17H29N5OS. The van der Waals surface area contributed by atoms with Gasteiger partial charge in [-0.15, -0.1) is 5.10 Å². The van der Waals surface area contributed by atoms with Crippen LogP contribution in [-0.2, 0) is 10.3 Å². The maximum atomic E-state index is 12.6. The number of tetrazole rings is 1. The van der Waals surface area contributed by atoms with Crippen molar-refractivity contribution < 1.29 is 4.79 Å². The van der Waals surface area contributed by atoms with E-state index in [2.05, 4.69) is 48.5 Å². The van der Waals surface area contributed by atoms with E-state index in [0.717, 1.165) is 11.8 Å². The second kappa shape index (κ2) is 6.65. The number of amides is 1. The van der Waals surface area contributed by atoms with E-state index in [4.69, 9.17) is 0 Å². The second-order valence-corrected chi connectivity index (χ2v) is 9.75. The van der Waals surface area contributed by atoms with Gasteiger partial charge in [0.1, 0.15) is 0 Å². The molecule has 5 atom stereocenters. The highest BCUT2D eigenvalue weighted by Crippen LogP contribution is 2.49. The summed E-state index contributed by atoms with van der Waals surface area (Å²) in [5, 5.41) is 15.6. The van der Waals surface area contributed by atoms with Gasteiger partial charge in [-0.25, -0.2) is 4.68 Å². The molecule has 1 aromatic heterocycles. The molecule has 2 fully saturated rings. The van der Waals surface area contributed by atoms with Crippen molar-refractivity contribution in [3.63, 3.8) is 0 Å². The number of fused-ring (bicyclic) bond motifs is 2. The zero-order chi connectivity index (χ0) is 17.5. The van der Waals surface area contributed by atoms with Crippen molar-refractivity contribution in [1.82, 2.24) is 25.5 Å². The van der Waals surface area contributed by atoms with E-state index in [1.54, 1.807) is 4.68 Å². The standard InChI is InChI=1S/C17H29N5OS/c1-10(14-9-12-6-7-13(14)8-12)18-15(23)11(2)24-16-19-20-21-22(16)17(3,4)5/h10-14H,6-9H2,1-5H3,(H,18,23). The van der Waals surface area contributed by atoms with Crippen LogP contribution in [-0.4, -0.2) is 37.4 Å². The molecule has 0 saturated heterocycles. The number of hydrogen-bond acceptors (Lipinski definition) is 5. The van der Waals surface area contributed by atoms with Crippen LogP contribution in [0.5, 0.6) is 0 Å². The largest absolute Gasteiger partial charge is 0.352 e. The molecule has 0 spiro atoms. The molecule has 1 N–H and O–H groups in total. The fourth-order valence-electron chi connectivity index (χ4n) is 4.24. The zero-order valence-electron chi connectivity index (χ0n) is 15.3. The minimum atomic E-state index is -0.210. The van der Waals surface area contributed by atoms with Gasteiger partial charge in [-0.2, -0.15) is 0 Å². The first-order valence-corrected chi connectivity index (χ1v) is 9.89. The topological polar surface area (TPSA) is 72.7 Å². The summed E-state index contributed by atoms with van der Waals surface area (Å²) in [5.41, 5.74) is -0.196. The Morgan fingerprint density at radius 3 is 2.62 bits per heavy atom. The summed E-state index contributed by atoms with van der Waals surface area (Å²) in [7, 11) is 0. The minimum Gasteiger partial charge on any atom is -0.352 e. The van der Waals surface area contributed by atoms with Crippen LogP contribution in [0.3, 0.4) is 0 Å². The summed E-state index contributed by atoms with van der Waals surface area (Å²) >= 11 is 1.43. The lowest BCUT2D eigenvalue weighted by molar-refractivity contribution is -0.121. The van der Waals surface area contributed by atoms with E-state index < -0.39 is 0 Å². The number of carbonyl (C=O) groups excluding carboxylic acids is 1. The lowest BCUT2D eigenvalue weighted by Gasteiger charge is -2.29. The van der Waals surface area contributed by atoms with Gasteiger partial charge in [-0.05, 0) is 82.1 Å². The Morgan fingerprint density at radius 2 is 2.04 bits per heavy atom. The first-order chi connectivity index (χ1) is 11.3. The van der Waals surface area contributed by atoms with Crippen LogP contribution in [0.4, 0.5) is 0 Å².